The van der Waals surface area contributed by atoms with Crippen LogP contribution in [0.15, 0.2) is 60.8 Å². The van der Waals surface area contributed by atoms with Crippen LogP contribution in [0.4, 0.5) is 4.79 Å². The van der Waals surface area contributed by atoms with E-state index in [1.165, 1.54) is 16.0 Å². The average molecular weight is 502 g/mol. The number of carbonyl (C=O) groups is 1. The van der Waals surface area contributed by atoms with Crippen molar-refractivity contribution >= 4 is 27.6 Å². The van der Waals surface area contributed by atoms with Crippen molar-refractivity contribution in [3.63, 3.8) is 0 Å². The van der Waals surface area contributed by atoms with E-state index < -0.39 is 11.7 Å². The molecule has 2 aromatic carbocycles. The molecule has 1 amide bonds. The van der Waals surface area contributed by atoms with Crippen LogP contribution in [0.25, 0.3) is 31.8 Å². The zero-order valence-electron chi connectivity index (χ0n) is 21.8. The van der Waals surface area contributed by atoms with Gasteiger partial charge in [0.2, 0.25) is 0 Å². The molecule has 0 unspecified atom stereocenters. The number of aromatic nitrogens is 1. The standard InChI is InChI=1S/C30H35N3O2S/c1-6-14-31-18-21-7-9-22(10-8-21)27-17-26-25(13-15-32-28(26)36-27)23-11-12-24(20(2)16-23)19-33-29(34)35-30(3,4)5/h7-13,15-17,31H,6,14,18-19H2,1-5H3,(H,33,34). The Kier molecular flexibility index (Phi) is 8.07. The molecule has 4 aromatic rings. The lowest BCUT2D eigenvalue weighted by molar-refractivity contribution is 0.0523. The van der Waals surface area contributed by atoms with Crippen LogP contribution in [-0.2, 0) is 17.8 Å². The summed E-state index contributed by atoms with van der Waals surface area (Å²) in [4.78, 5) is 18.9. The normalized spacial score (nSPS) is 11.6. The Morgan fingerprint density at radius 2 is 1.75 bits per heavy atom. The fourth-order valence-electron chi connectivity index (χ4n) is 4.07. The minimum absolute atomic E-state index is 0.405. The highest BCUT2D eigenvalue weighted by molar-refractivity contribution is 7.21. The van der Waals surface area contributed by atoms with Crippen molar-refractivity contribution in [2.75, 3.05) is 6.54 Å². The number of nitrogens with one attached hydrogen (secondary N) is 2. The molecule has 0 bridgehead atoms. The maximum atomic E-state index is 12.0. The van der Waals surface area contributed by atoms with Crippen LogP contribution in [0.1, 0.15) is 50.8 Å². The Labute approximate surface area is 217 Å². The molecule has 4 rings (SSSR count). The lowest BCUT2D eigenvalue weighted by Crippen LogP contribution is -2.32. The lowest BCUT2D eigenvalue weighted by Gasteiger charge is -2.20. The summed E-state index contributed by atoms with van der Waals surface area (Å²) >= 11 is 1.72. The second-order valence-corrected chi connectivity index (χ2v) is 11.1. The van der Waals surface area contributed by atoms with E-state index in [4.69, 9.17) is 4.74 Å². The van der Waals surface area contributed by atoms with E-state index in [-0.39, 0.29) is 0 Å². The van der Waals surface area contributed by atoms with Crippen molar-refractivity contribution in [2.24, 2.45) is 0 Å². The lowest BCUT2D eigenvalue weighted by atomic mass is 9.98. The zero-order chi connectivity index (χ0) is 25.7. The van der Waals surface area contributed by atoms with Crippen LogP contribution in [0, 0.1) is 6.92 Å². The van der Waals surface area contributed by atoms with Crippen LogP contribution in [0.2, 0.25) is 0 Å². The van der Waals surface area contributed by atoms with E-state index in [1.807, 2.05) is 27.0 Å². The average Bonchev–Trinajstić information content (AvgIpc) is 3.27. The third-order valence-corrected chi connectivity index (χ3v) is 7.00. The van der Waals surface area contributed by atoms with Crippen LogP contribution in [0.3, 0.4) is 0 Å². The summed E-state index contributed by atoms with van der Waals surface area (Å²) in [6, 6.07) is 19.5. The molecule has 36 heavy (non-hydrogen) atoms. The maximum Gasteiger partial charge on any atom is 0.407 e. The van der Waals surface area contributed by atoms with Gasteiger partial charge < -0.3 is 15.4 Å². The molecule has 0 saturated heterocycles. The highest BCUT2D eigenvalue weighted by atomic mass is 32.1. The topological polar surface area (TPSA) is 63.2 Å². The molecule has 5 nitrogen and oxygen atoms in total. The Hall–Kier alpha value is -3.22. The van der Waals surface area contributed by atoms with Gasteiger partial charge in [-0.1, -0.05) is 49.4 Å². The number of hydrogen-bond acceptors (Lipinski definition) is 5. The molecular formula is C30H35N3O2S. The molecule has 0 aliphatic rings. The van der Waals surface area contributed by atoms with Gasteiger partial charge in [0.05, 0.1) is 0 Å². The Morgan fingerprint density at radius 1 is 1.00 bits per heavy atom. The molecule has 2 aromatic heterocycles. The summed E-state index contributed by atoms with van der Waals surface area (Å²) in [7, 11) is 0. The maximum absolute atomic E-state index is 12.0. The Balaban J connectivity index is 1.53. The van der Waals surface area contributed by atoms with Crippen LogP contribution in [-0.4, -0.2) is 23.2 Å². The van der Waals surface area contributed by atoms with E-state index in [9.17, 15) is 4.79 Å². The van der Waals surface area contributed by atoms with E-state index in [0.29, 0.717) is 6.54 Å². The van der Waals surface area contributed by atoms with Crippen molar-refractivity contribution in [3.8, 4) is 21.6 Å². The first kappa shape index (κ1) is 25.9. The van der Waals surface area contributed by atoms with Crippen molar-refractivity contribution in [1.82, 2.24) is 15.6 Å². The summed E-state index contributed by atoms with van der Waals surface area (Å²) in [6.07, 6.45) is 2.62. The number of pyridine rings is 1. The van der Waals surface area contributed by atoms with Gasteiger partial charge >= 0.3 is 6.09 Å². The van der Waals surface area contributed by atoms with E-state index >= 15 is 0 Å². The van der Waals surface area contributed by atoms with Crippen molar-refractivity contribution in [3.05, 3.63) is 77.5 Å². The quantitative estimate of drug-likeness (QED) is 0.246. The molecule has 0 radical (unpaired) electrons. The number of ether oxygens (including phenoxy) is 1. The highest BCUT2D eigenvalue weighted by Crippen LogP contribution is 2.38. The van der Waals surface area contributed by atoms with E-state index in [1.54, 1.807) is 11.3 Å². The summed E-state index contributed by atoms with van der Waals surface area (Å²) in [5.41, 5.74) is 6.49. The van der Waals surface area contributed by atoms with Gasteiger partial charge in [0, 0.05) is 29.5 Å². The monoisotopic (exact) mass is 501 g/mol. The zero-order valence-corrected chi connectivity index (χ0v) is 22.6. The number of amides is 1. The Morgan fingerprint density at radius 3 is 2.44 bits per heavy atom. The summed E-state index contributed by atoms with van der Waals surface area (Å²) in [5.74, 6) is 0. The first-order valence-electron chi connectivity index (χ1n) is 12.5. The van der Waals surface area contributed by atoms with Crippen molar-refractivity contribution in [1.29, 1.82) is 0 Å². The van der Waals surface area contributed by atoms with Gasteiger partial charge in [-0.2, -0.15) is 0 Å². The second-order valence-electron chi connectivity index (χ2n) is 10.1. The number of thiophene rings is 1. The molecule has 2 heterocycles. The number of fused-ring (bicyclic) bond motifs is 1. The summed E-state index contributed by atoms with van der Waals surface area (Å²) in [6.45, 7) is 12.2. The van der Waals surface area contributed by atoms with Crippen molar-refractivity contribution in [2.45, 2.75) is 59.7 Å². The predicted octanol–water partition coefficient (Wildman–Crippen LogP) is 7.46. The van der Waals surface area contributed by atoms with Crippen LogP contribution in [0.5, 0.6) is 0 Å². The van der Waals surface area contributed by atoms with Gasteiger partial charge in [-0.05, 0) is 86.2 Å². The number of hydrogen-bond donors (Lipinski definition) is 2. The van der Waals surface area contributed by atoms with Gasteiger partial charge in [0.25, 0.3) is 0 Å². The fourth-order valence-corrected chi connectivity index (χ4v) is 5.10. The third-order valence-electron chi connectivity index (χ3n) is 5.91. The van der Waals surface area contributed by atoms with Gasteiger partial charge in [0.1, 0.15) is 10.4 Å². The summed E-state index contributed by atoms with van der Waals surface area (Å²) in [5, 5.41) is 7.46. The SMILES string of the molecule is CCCNCc1ccc(-c2cc3c(-c4ccc(CNC(=O)OC(C)(C)C)c(C)c4)ccnc3s2)cc1. The second kappa shape index (κ2) is 11.2. The molecule has 0 fully saturated rings. The molecule has 0 spiro atoms. The predicted molar refractivity (Wildman–Crippen MR) is 150 cm³/mol. The van der Waals surface area contributed by atoms with E-state index in [2.05, 4.69) is 84.1 Å². The van der Waals surface area contributed by atoms with Gasteiger partial charge in [-0.25, -0.2) is 9.78 Å². The fraction of sp³-hybridized carbons (Fsp3) is 0.333. The largest absolute Gasteiger partial charge is 0.444 e. The molecule has 0 atom stereocenters. The number of rotatable bonds is 8. The number of alkyl carbamates (subject to hydrolysis) is 1. The van der Waals surface area contributed by atoms with Gasteiger partial charge in [-0.15, -0.1) is 11.3 Å². The van der Waals surface area contributed by atoms with Crippen molar-refractivity contribution < 1.29 is 9.53 Å². The highest BCUT2D eigenvalue weighted by Gasteiger charge is 2.16. The van der Waals surface area contributed by atoms with E-state index in [0.717, 1.165) is 52.0 Å². The first-order valence-corrected chi connectivity index (χ1v) is 13.3. The van der Waals surface area contributed by atoms with Gasteiger partial charge in [-0.3, -0.25) is 0 Å². The molecular weight excluding hydrogens is 466 g/mol. The molecule has 0 aliphatic heterocycles. The van der Waals surface area contributed by atoms with Crippen LogP contribution >= 0.6 is 11.3 Å². The first-order chi connectivity index (χ1) is 17.2. The number of benzene rings is 2. The minimum atomic E-state index is -0.511. The van der Waals surface area contributed by atoms with Gasteiger partial charge in [0.15, 0.2) is 0 Å². The smallest absolute Gasteiger partial charge is 0.407 e. The Bertz CT molecular complexity index is 1340. The number of nitrogens with zero attached hydrogens (tertiary/aromatic N) is 1. The number of carbonyl (C=O) groups excluding carboxylic acids is 1. The molecule has 0 saturated carbocycles. The molecule has 6 heteroatoms. The third kappa shape index (κ3) is 6.50. The minimum Gasteiger partial charge on any atom is -0.444 e. The molecule has 188 valence electrons. The summed E-state index contributed by atoms with van der Waals surface area (Å²) < 4.78 is 5.35. The van der Waals surface area contributed by atoms with Crippen LogP contribution < -0.4 is 10.6 Å². The number of aryl methyl sites for hydroxylation is 1. The molecule has 2 N–H and O–H groups in total. The molecule has 0 aliphatic carbocycles.